The average molecular weight is 559 g/mol. The number of hydrogen-bond acceptors (Lipinski definition) is 6. The number of rotatable bonds is 8. The molecule has 10 heteroatoms. The van der Waals surface area contributed by atoms with E-state index in [0.717, 1.165) is 22.7 Å². The van der Waals surface area contributed by atoms with Crippen molar-refractivity contribution in [1.82, 2.24) is 15.6 Å². The van der Waals surface area contributed by atoms with Crippen LogP contribution < -0.4 is 16.0 Å². The third-order valence-corrected chi connectivity index (χ3v) is 5.52. The van der Waals surface area contributed by atoms with Crippen molar-refractivity contribution in [3.05, 3.63) is 45.4 Å². The van der Waals surface area contributed by atoms with Gasteiger partial charge in [0.25, 0.3) is 0 Å². The minimum Gasteiger partial charge on any atom is -0.462 e. The van der Waals surface area contributed by atoms with Crippen LogP contribution in [0.2, 0.25) is 0 Å². The number of carbonyl (C=O) groups excluding carboxylic acids is 2. The van der Waals surface area contributed by atoms with E-state index in [9.17, 15) is 9.59 Å². The van der Waals surface area contributed by atoms with Crippen molar-refractivity contribution in [2.75, 3.05) is 25.5 Å². The highest BCUT2D eigenvalue weighted by molar-refractivity contribution is 14.0. The first-order valence-electron chi connectivity index (χ1n) is 9.82. The fourth-order valence-electron chi connectivity index (χ4n) is 2.73. The number of halogens is 1. The second kappa shape index (κ2) is 13.3. The van der Waals surface area contributed by atoms with Crippen LogP contribution in [-0.4, -0.2) is 43.0 Å². The highest BCUT2D eigenvalue weighted by atomic mass is 127. The van der Waals surface area contributed by atoms with Gasteiger partial charge in [0.1, 0.15) is 9.88 Å². The van der Waals surface area contributed by atoms with Gasteiger partial charge >= 0.3 is 5.97 Å². The van der Waals surface area contributed by atoms with Gasteiger partial charge in [0, 0.05) is 26.2 Å². The van der Waals surface area contributed by atoms with Crippen LogP contribution in [0.4, 0.5) is 5.69 Å². The van der Waals surface area contributed by atoms with Crippen LogP contribution in [0.3, 0.4) is 0 Å². The molecule has 2 rings (SSSR count). The Bertz CT molecular complexity index is 899. The Morgan fingerprint density at radius 1 is 1.26 bits per heavy atom. The molecular weight excluding hydrogens is 529 g/mol. The van der Waals surface area contributed by atoms with Crippen LogP contribution in [0.5, 0.6) is 0 Å². The smallest absolute Gasteiger partial charge is 0.350 e. The van der Waals surface area contributed by atoms with E-state index in [1.807, 2.05) is 38.1 Å². The summed E-state index contributed by atoms with van der Waals surface area (Å²) in [6, 6.07) is 7.64. The van der Waals surface area contributed by atoms with Crippen LogP contribution >= 0.6 is 35.3 Å². The summed E-state index contributed by atoms with van der Waals surface area (Å²) in [6.07, 6.45) is 0.804. The van der Waals surface area contributed by atoms with Crippen LogP contribution in [0, 0.1) is 6.92 Å². The SMILES string of the molecule is CCOC(=O)c1sc(C(C)NC(=NC)NCCc2ccc(NC(C)=O)cc2)nc1C.I. The Morgan fingerprint density at radius 3 is 2.52 bits per heavy atom. The van der Waals surface area contributed by atoms with Crippen molar-refractivity contribution in [2.45, 2.75) is 40.2 Å². The number of guanidine groups is 1. The zero-order valence-corrected chi connectivity index (χ0v) is 21.6. The minimum atomic E-state index is -0.335. The molecule has 1 atom stereocenters. The molecule has 2 aromatic rings. The number of carbonyl (C=O) groups is 2. The van der Waals surface area contributed by atoms with Crippen molar-refractivity contribution in [1.29, 1.82) is 0 Å². The number of thiazole rings is 1. The Labute approximate surface area is 204 Å². The number of aliphatic imine (C=N–C) groups is 1. The van der Waals surface area contributed by atoms with E-state index in [-0.39, 0.29) is 41.9 Å². The quantitative estimate of drug-likeness (QED) is 0.197. The molecule has 0 fully saturated rings. The molecule has 0 aliphatic heterocycles. The van der Waals surface area contributed by atoms with Crippen molar-refractivity contribution >= 4 is 58.8 Å². The first kappa shape index (κ1) is 26.8. The van der Waals surface area contributed by atoms with Gasteiger partial charge in [-0.3, -0.25) is 9.79 Å². The van der Waals surface area contributed by atoms with Gasteiger partial charge in [-0.25, -0.2) is 9.78 Å². The number of anilines is 1. The molecule has 0 spiro atoms. The summed E-state index contributed by atoms with van der Waals surface area (Å²) < 4.78 is 5.08. The third-order valence-electron chi connectivity index (χ3n) is 4.20. The van der Waals surface area contributed by atoms with Crippen LogP contribution in [0.15, 0.2) is 29.3 Å². The zero-order valence-electron chi connectivity index (χ0n) is 18.4. The lowest BCUT2D eigenvalue weighted by Gasteiger charge is -2.16. The number of nitrogens with one attached hydrogen (secondary N) is 3. The number of amides is 1. The maximum absolute atomic E-state index is 12.0. The molecule has 1 unspecified atom stereocenters. The molecule has 0 aliphatic carbocycles. The lowest BCUT2D eigenvalue weighted by molar-refractivity contribution is -0.114. The van der Waals surface area contributed by atoms with E-state index in [1.165, 1.54) is 18.3 Å². The second-order valence-corrected chi connectivity index (χ2v) is 7.71. The third kappa shape index (κ3) is 8.44. The standard InChI is InChI=1S/C21H29N5O3S.HI/c1-6-29-20(28)18-13(2)24-19(30-18)14(3)25-21(22-5)23-12-11-16-7-9-17(10-8-16)26-15(4)27;/h7-10,14H,6,11-12H2,1-5H3,(H,26,27)(H2,22,23,25);1H. The van der Waals surface area contributed by atoms with Gasteiger partial charge in [0.05, 0.1) is 18.3 Å². The van der Waals surface area contributed by atoms with Crippen molar-refractivity contribution in [3.63, 3.8) is 0 Å². The second-order valence-electron chi connectivity index (χ2n) is 6.68. The summed E-state index contributed by atoms with van der Waals surface area (Å²) in [6.45, 7) is 8.08. The Hall–Kier alpha value is -2.21. The van der Waals surface area contributed by atoms with Gasteiger partial charge < -0.3 is 20.7 Å². The molecule has 3 N–H and O–H groups in total. The molecule has 0 saturated heterocycles. The Morgan fingerprint density at radius 2 is 1.94 bits per heavy atom. The summed E-state index contributed by atoms with van der Waals surface area (Å²) in [7, 11) is 1.71. The van der Waals surface area contributed by atoms with Crippen LogP contribution in [0.1, 0.15) is 52.7 Å². The topological polar surface area (TPSA) is 105 Å². The lowest BCUT2D eigenvalue weighted by atomic mass is 10.1. The number of aromatic nitrogens is 1. The van der Waals surface area contributed by atoms with E-state index in [1.54, 1.807) is 14.0 Å². The number of ether oxygens (including phenoxy) is 1. The first-order valence-corrected chi connectivity index (χ1v) is 10.6. The van der Waals surface area contributed by atoms with Crippen molar-refractivity contribution in [2.24, 2.45) is 4.99 Å². The molecule has 170 valence electrons. The maximum atomic E-state index is 12.0. The highest BCUT2D eigenvalue weighted by Gasteiger charge is 2.20. The molecule has 0 aliphatic rings. The van der Waals surface area contributed by atoms with E-state index < -0.39 is 0 Å². The molecule has 31 heavy (non-hydrogen) atoms. The summed E-state index contributed by atoms with van der Waals surface area (Å²) in [4.78, 5) is 32.4. The van der Waals surface area contributed by atoms with Gasteiger partial charge in [-0.15, -0.1) is 35.3 Å². The van der Waals surface area contributed by atoms with Crippen molar-refractivity contribution < 1.29 is 14.3 Å². The first-order chi connectivity index (χ1) is 14.3. The fourth-order valence-corrected chi connectivity index (χ4v) is 3.70. The number of nitrogens with zero attached hydrogens (tertiary/aromatic N) is 2. The summed E-state index contributed by atoms with van der Waals surface area (Å²) in [5, 5.41) is 10.1. The van der Waals surface area contributed by atoms with E-state index in [0.29, 0.717) is 29.7 Å². The molecule has 0 saturated carbocycles. The number of hydrogen-bond donors (Lipinski definition) is 3. The van der Waals surface area contributed by atoms with Crippen molar-refractivity contribution in [3.8, 4) is 0 Å². The van der Waals surface area contributed by atoms with Crippen LogP contribution in [0.25, 0.3) is 0 Å². The predicted octanol–water partition coefficient (Wildman–Crippen LogP) is 3.67. The van der Waals surface area contributed by atoms with Gasteiger partial charge in [0.2, 0.25) is 5.91 Å². The van der Waals surface area contributed by atoms with Gasteiger partial charge in [-0.1, -0.05) is 12.1 Å². The fraction of sp³-hybridized carbons (Fsp3) is 0.429. The molecule has 8 nitrogen and oxygen atoms in total. The lowest BCUT2D eigenvalue weighted by Crippen LogP contribution is -2.39. The minimum absolute atomic E-state index is 0. The van der Waals surface area contributed by atoms with E-state index in [2.05, 4.69) is 25.9 Å². The normalized spacial score (nSPS) is 11.8. The number of benzene rings is 1. The molecule has 1 amide bonds. The molecule has 1 aromatic carbocycles. The molecular formula is C21H30IN5O3S. The Balaban J connectivity index is 0.00000480. The summed E-state index contributed by atoms with van der Waals surface area (Å²) >= 11 is 1.33. The maximum Gasteiger partial charge on any atom is 0.350 e. The van der Waals surface area contributed by atoms with E-state index >= 15 is 0 Å². The summed E-state index contributed by atoms with van der Waals surface area (Å²) in [5.74, 6) is 0.235. The monoisotopic (exact) mass is 559 g/mol. The average Bonchev–Trinajstić information content (AvgIpc) is 3.10. The summed E-state index contributed by atoms with van der Waals surface area (Å²) in [5.41, 5.74) is 2.61. The largest absolute Gasteiger partial charge is 0.462 e. The molecule has 1 heterocycles. The molecule has 1 aromatic heterocycles. The highest BCUT2D eigenvalue weighted by Crippen LogP contribution is 2.24. The van der Waals surface area contributed by atoms with Crippen LogP contribution in [-0.2, 0) is 16.0 Å². The van der Waals surface area contributed by atoms with Gasteiger partial charge in [0.15, 0.2) is 5.96 Å². The molecule has 0 bridgehead atoms. The van der Waals surface area contributed by atoms with E-state index in [4.69, 9.17) is 4.74 Å². The Kier molecular flexibility index (Phi) is 11.5. The predicted molar refractivity (Wildman–Crippen MR) is 136 cm³/mol. The van der Waals surface area contributed by atoms with Gasteiger partial charge in [-0.2, -0.15) is 0 Å². The number of aryl methyl sites for hydroxylation is 1. The van der Waals surface area contributed by atoms with Gasteiger partial charge in [-0.05, 0) is 44.9 Å². The molecule has 0 radical (unpaired) electrons. The number of esters is 1. The zero-order chi connectivity index (χ0) is 22.1.